The van der Waals surface area contributed by atoms with Crippen LogP contribution >= 0.6 is 12.4 Å². The van der Waals surface area contributed by atoms with Crippen molar-refractivity contribution in [1.82, 2.24) is 4.90 Å². The lowest BCUT2D eigenvalue weighted by molar-refractivity contribution is 0.0720. The van der Waals surface area contributed by atoms with Gasteiger partial charge in [0.15, 0.2) is 9.84 Å². The molecular formula is C14H19ClN2O3S. The summed E-state index contributed by atoms with van der Waals surface area (Å²) in [5, 5.41) is 0. The van der Waals surface area contributed by atoms with Crippen LogP contribution < -0.4 is 5.73 Å². The second kappa shape index (κ2) is 6.95. The third-order valence-corrected chi connectivity index (χ3v) is 5.14. The van der Waals surface area contributed by atoms with Crippen molar-refractivity contribution < 1.29 is 13.2 Å². The average molecular weight is 331 g/mol. The van der Waals surface area contributed by atoms with Gasteiger partial charge in [-0.15, -0.1) is 19.0 Å². The Bertz CT molecular complexity index is 614. The van der Waals surface area contributed by atoms with Gasteiger partial charge in [-0.3, -0.25) is 4.79 Å². The highest BCUT2D eigenvalue weighted by Gasteiger charge is 2.34. The number of nitrogen functional groups attached to an aromatic ring is 1. The standard InChI is InChI=1S/C14H18N2O3S.ClH/c1-2-8-16(13-7-9-20(18,19)10-13)14(17)11-3-5-12(15)6-4-11;/h2-6,13H,1,7-10,15H2;1H. The van der Waals surface area contributed by atoms with Crippen LogP contribution in [-0.2, 0) is 9.84 Å². The number of nitrogens with zero attached hydrogens (tertiary/aromatic N) is 1. The molecular weight excluding hydrogens is 312 g/mol. The highest BCUT2D eigenvalue weighted by atomic mass is 35.5. The first-order valence-electron chi connectivity index (χ1n) is 6.41. The van der Waals surface area contributed by atoms with Crippen LogP contribution in [0, 0.1) is 0 Å². The number of anilines is 1. The molecule has 0 aromatic heterocycles. The zero-order valence-corrected chi connectivity index (χ0v) is 13.2. The van der Waals surface area contributed by atoms with Crippen LogP contribution in [0.5, 0.6) is 0 Å². The highest BCUT2D eigenvalue weighted by molar-refractivity contribution is 7.91. The van der Waals surface area contributed by atoms with Gasteiger partial charge in [0.2, 0.25) is 0 Å². The zero-order chi connectivity index (χ0) is 14.8. The van der Waals surface area contributed by atoms with Gasteiger partial charge in [0, 0.05) is 23.8 Å². The van der Waals surface area contributed by atoms with Gasteiger partial charge in [-0.05, 0) is 30.7 Å². The molecule has 1 heterocycles. The van der Waals surface area contributed by atoms with E-state index in [1.54, 1.807) is 35.2 Å². The smallest absolute Gasteiger partial charge is 0.254 e. The minimum Gasteiger partial charge on any atom is -0.399 e. The van der Waals surface area contributed by atoms with E-state index in [1.165, 1.54) is 0 Å². The molecule has 1 unspecified atom stereocenters. The minimum atomic E-state index is -3.03. The Morgan fingerprint density at radius 1 is 1.38 bits per heavy atom. The van der Waals surface area contributed by atoms with Gasteiger partial charge in [-0.1, -0.05) is 6.08 Å². The van der Waals surface area contributed by atoms with Crippen LogP contribution in [0.15, 0.2) is 36.9 Å². The maximum absolute atomic E-state index is 12.5. The fraction of sp³-hybridized carbons (Fsp3) is 0.357. The maximum atomic E-state index is 12.5. The van der Waals surface area contributed by atoms with E-state index in [9.17, 15) is 13.2 Å². The van der Waals surface area contributed by atoms with E-state index in [-0.39, 0.29) is 35.9 Å². The fourth-order valence-corrected chi connectivity index (χ4v) is 4.08. The Balaban J connectivity index is 0.00000220. The summed E-state index contributed by atoms with van der Waals surface area (Å²) in [4.78, 5) is 14.1. The Morgan fingerprint density at radius 2 is 2.00 bits per heavy atom. The minimum absolute atomic E-state index is 0. The van der Waals surface area contributed by atoms with Crippen LogP contribution in [0.2, 0.25) is 0 Å². The van der Waals surface area contributed by atoms with Crippen molar-refractivity contribution in [2.24, 2.45) is 0 Å². The maximum Gasteiger partial charge on any atom is 0.254 e. The lowest BCUT2D eigenvalue weighted by Crippen LogP contribution is -2.41. The summed E-state index contributed by atoms with van der Waals surface area (Å²) >= 11 is 0. The number of hydrogen-bond donors (Lipinski definition) is 1. The molecule has 116 valence electrons. The quantitative estimate of drug-likeness (QED) is 0.670. The zero-order valence-electron chi connectivity index (χ0n) is 11.6. The second-order valence-corrected chi connectivity index (χ2v) is 7.15. The number of rotatable bonds is 4. The summed E-state index contributed by atoms with van der Waals surface area (Å²) in [6, 6.07) is 6.34. The van der Waals surface area contributed by atoms with Gasteiger partial charge in [0.25, 0.3) is 5.91 Å². The van der Waals surface area contributed by atoms with E-state index in [0.717, 1.165) is 0 Å². The molecule has 1 amide bonds. The Labute approximate surface area is 131 Å². The third-order valence-electron chi connectivity index (χ3n) is 3.39. The van der Waals surface area contributed by atoms with Gasteiger partial charge in [-0.2, -0.15) is 0 Å². The largest absolute Gasteiger partial charge is 0.399 e. The Morgan fingerprint density at radius 3 is 2.48 bits per heavy atom. The molecule has 0 radical (unpaired) electrons. The first-order chi connectivity index (χ1) is 9.43. The van der Waals surface area contributed by atoms with Crippen LogP contribution in [0.25, 0.3) is 0 Å². The summed E-state index contributed by atoms with van der Waals surface area (Å²) < 4.78 is 23.1. The van der Waals surface area contributed by atoms with Gasteiger partial charge in [0.1, 0.15) is 0 Å². The molecule has 1 aromatic carbocycles. The van der Waals surface area contributed by atoms with Crippen molar-refractivity contribution in [3.8, 4) is 0 Å². The average Bonchev–Trinajstić information content (AvgIpc) is 2.76. The molecule has 1 aliphatic heterocycles. The summed E-state index contributed by atoms with van der Waals surface area (Å²) in [6.07, 6.45) is 2.09. The number of carbonyl (C=O) groups is 1. The lowest BCUT2D eigenvalue weighted by atomic mass is 10.1. The van der Waals surface area contributed by atoms with E-state index in [2.05, 4.69) is 6.58 Å². The number of sulfone groups is 1. The predicted molar refractivity (Wildman–Crippen MR) is 86.4 cm³/mol. The molecule has 7 heteroatoms. The van der Waals surface area contributed by atoms with Crippen LogP contribution in [0.1, 0.15) is 16.8 Å². The molecule has 0 aliphatic carbocycles. The Hall–Kier alpha value is -1.53. The van der Waals surface area contributed by atoms with E-state index >= 15 is 0 Å². The van der Waals surface area contributed by atoms with E-state index in [1.807, 2.05) is 0 Å². The number of amides is 1. The fourth-order valence-electron chi connectivity index (χ4n) is 2.35. The summed E-state index contributed by atoms with van der Waals surface area (Å²) in [7, 11) is -3.03. The van der Waals surface area contributed by atoms with Gasteiger partial charge < -0.3 is 10.6 Å². The molecule has 1 fully saturated rings. The summed E-state index contributed by atoms with van der Waals surface area (Å²) in [5.74, 6) is -0.0194. The second-order valence-electron chi connectivity index (χ2n) is 4.93. The normalized spacial score (nSPS) is 19.5. The molecule has 21 heavy (non-hydrogen) atoms. The molecule has 2 rings (SSSR count). The van der Waals surface area contributed by atoms with Crippen LogP contribution in [0.3, 0.4) is 0 Å². The number of halogens is 1. The molecule has 5 nitrogen and oxygen atoms in total. The first kappa shape index (κ1) is 17.5. The van der Waals surface area contributed by atoms with Crippen LogP contribution in [0.4, 0.5) is 5.69 Å². The van der Waals surface area contributed by atoms with Crippen LogP contribution in [-0.4, -0.2) is 43.3 Å². The molecule has 0 spiro atoms. The first-order valence-corrected chi connectivity index (χ1v) is 8.23. The van der Waals surface area contributed by atoms with Crippen molar-refractivity contribution in [2.45, 2.75) is 12.5 Å². The van der Waals surface area contributed by atoms with Crippen molar-refractivity contribution >= 4 is 33.8 Å². The Kier molecular flexibility index (Phi) is 5.80. The number of benzene rings is 1. The summed E-state index contributed by atoms with van der Waals surface area (Å²) in [5.41, 5.74) is 6.69. The van der Waals surface area contributed by atoms with Gasteiger partial charge in [0.05, 0.1) is 11.5 Å². The van der Waals surface area contributed by atoms with E-state index in [4.69, 9.17) is 5.73 Å². The highest BCUT2D eigenvalue weighted by Crippen LogP contribution is 2.20. The topological polar surface area (TPSA) is 80.5 Å². The third kappa shape index (κ3) is 4.22. The number of nitrogens with two attached hydrogens (primary N) is 1. The van der Waals surface area contributed by atoms with E-state index in [0.29, 0.717) is 24.2 Å². The van der Waals surface area contributed by atoms with E-state index < -0.39 is 9.84 Å². The monoisotopic (exact) mass is 330 g/mol. The van der Waals surface area contributed by atoms with Crippen molar-refractivity contribution in [3.05, 3.63) is 42.5 Å². The molecule has 1 aliphatic rings. The SMILES string of the molecule is C=CCN(C(=O)c1ccc(N)cc1)C1CCS(=O)(=O)C1.Cl. The number of carbonyl (C=O) groups excluding carboxylic acids is 1. The molecule has 0 saturated carbocycles. The van der Waals surface area contributed by atoms with Crippen molar-refractivity contribution in [1.29, 1.82) is 0 Å². The molecule has 0 bridgehead atoms. The lowest BCUT2D eigenvalue weighted by Gasteiger charge is -2.27. The molecule has 1 aromatic rings. The summed E-state index contributed by atoms with van der Waals surface area (Å²) in [6.45, 7) is 3.97. The number of hydrogen-bond acceptors (Lipinski definition) is 4. The van der Waals surface area contributed by atoms with Gasteiger partial charge >= 0.3 is 0 Å². The molecule has 2 N–H and O–H groups in total. The predicted octanol–water partition coefficient (Wildman–Crippen LogP) is 1.51. The molecule has 1 atom stereocenters. The van der Waals surface area contributed by atoms with Crippen molar-refractivity contribution in [3.63, 3.8) is 0 Å². The van der Waals surface area contributed by atoms with Crippen molar-refractivity contribution in [2.75, 3.05) is 23.8 Å². The van der Waals surface area contributed by atoms with Gasteiger partial charge in [-0.25, -0.2) is 8.42 Å². The molecule has 1 saturated heterocycles.